The average Bonchev–Trinajstić information content (AvgIpc) is 2.62. The van der Waals surface area contributed by atoms with Crippen LogP contribution in [0.2, 0.25) is 5.02 Å². The smallest absolute Gasteiger partial charge is 0.308 e. The molecule has 2 amide bonds. The SMILES string of the molecule is O=C(Nc1ccccc1)Nc1ccc(S(=O)(=O)Nc2cccc(Cl)c2)cc1. The Morgan fingerprint density at radius 2 is 1.33 bits per heavy atom. The molecule has 3 aromatic carbocycles. The Hall–Kier alpha value is -3.03. The zero-order chi connectivity index (χ0) is 19.3. The summed E-state index contributed by atoms with van der Waals surface area (Å²) in [5, 5.41) is 5.75. The Morgan fingerprint density at radius 3 is 1.96 bits per heavy atom. The molecule has 0 saturated heterocycles. The van der Waals surface area contributed by atoms with E-state index < -0.39 is 16.1 Å². The minimum Gasteiger partial charge on any atom is -0.308 e. The van der Waals surface area contributed by atoms with Crippen molar-refractivity contribution >= 4 is 44.7 Å². The molecule has 3 rings (SSSR count). The van der Waals surface area contributed by atoms with Gasteiger partial charge in [-0.1, -0.05) is 35.9 Å². The Labute approximate surface area is 162 Å². The van der Waals surface area contributed by atoms with Crippen molar-refractivity contribution in [1.82, 2.24) is 0 Å². The van der Waals surface area contributed by atoms with Crippen LogP contribution in [0.1, 0.15) is 0 Å². The third kappa shape index (κ3) is 5.22. The number of benzene rings is 3. The Morgan fingerprint density at radius 1 is 0.741 bits per heavy atom. The zero-order valence-corrected chi connectivity index (χ0v) is 15.6. The fourth-order valence-corrected chi connectivity index (χ4v) is 3.54. The maximum absolute atomic E-state index is 12.4. The molecule has 0 aliphatic rings. The molecule has 3 aromatic rings. The summed E-state index contributed by atoms with van der Waals surface area (Å²) in [6, 6.07) is 20.8. The monoisotopic (exact) mass is 401 g/mol. The quantitative estimate of drug-likeness (QED) is 0.574. The lowest BCUT2D eigenvalue weighted by Crippen LogP contribution is -2.19. The molecule has 8 heteroatoms. The Balaban J connectivity index is 1.66. The van der Waals surface area contributed by atoms with Crippen molar-refractivity contribution in [1.29, 1.82) is 0 Å². The summed E-state index contributed by atoms with van der Waals surface area (Å²) in [5.41, 5.74) is 1.48. The van der Waals surface area contributed by atoms with Gasteiger partial charge >= 0.3 is 6.03 Å². The van der Waals surface area contributed by atoms with E-state index in [1.807, 2.05) is 18.2 Å². The van der Waals surface area contributed by atoms with Crippen LogP contribution in [-0.2, 0) is 10.0 Å². The summed E-state index contributed by atoms with van der Waals surface area (Å²) < 4.78 is 27.3. The molecule has 0 saturated carbocycles. The van der Waals surface area contributed by atoms with E-state index >= 15 is 0 Å². The Kier molecular flexibility index (Phi) is 5.63. The topological polar surface area (TPSA) is 87.3 Å². The molecule has 0 bridgehead atoms. The van der Waals surface area contributed by atoms with Gasteiger partial charge < -0.3 is 10.6 Å². The van der Waals surface area contributed by atoms with Gasteiger partial charge in [-0.05, 0) is 54.6 Å². The van der Waals surface area contributed by atoms with Gasteiger partial charge in [-0.25, -0.2) is 13.2 Å². The van der Waals surface area contributed by atoms with Gasteiger partial charge in [0, 0.05) is 16.4 Å². The third-order valence-electron chi connectivity index (χ3n) is 3.53. The number of para-hydroxylation sites is 1. The second kappa shape index (κ2) is 8.11. The first kappa shape index (κ1) is 18.8. The van der Waals surface area contributed by atoms with Crippen molar-refractivity contribution in [2.24, 2.45) is 0 Å². The number of amides is 2. The predicted octanol–water partition coefficient (Wildman–Crippen LogP) is 4.78. The lowest BCUT2D eigenvalue weighted by Gasteiger charge is -2.10. The van der Waals surface area contributed by atoms with Crippen LogP contribution < -0.4 is 15.4 Å². The van der Waals surface area contributed by atoms with Crippen LogP contribution in [-0.4, -0.2) is 14.4 Å². The second-order valence-electron chi connectivity index (χ2n) is 5.59. The van der Waals surface area contributed by atoms with E-state index in [-0.39, 0.29) is 4.90 Å². The van der Waals surface area contributed by atoms with Crippen molar-refractivity contribution in [3.05, 3.63) is 83.9 Å². The van der Waals surface area contributed by atoms with E-state index in [0.717, 1.165) is 0 Å². The number of nitrogens with one attached hydrogen (secondary N) is 3. The molecular formula is C19H16ClN3O3S. The third-order valence-corrected chi connectivity index (χ3v) is 5.16. The highest BCUT2D eigenvalue weighted by molar-refractivity contribution is 7.92. The van der Waals surface area contributed by atoms with E-state index in [9.17, 15) is 13.2 Å². The van der Waals surface area contributed by atoms with Gasteiger partial charge in [0.25, 0.3) is 10.0 Å². The van der Waals surface area contributed by atoms with E-state index in [4.69, 9.17) is 11.6 Å². The standard InChI is InChI=1S/C19H16ClN3O3S/c20-14-5-4-8-17(13-14)23-27(25,26)18-11-9-16(10-12-18)22-19(24)21-15-6-2-1-3-7-15/h1-13,23H,(H2,21,22,24). The van der Waals surface area contributed by atoms with Crippen LogP contribution in [0, 0.1) is 0 Å². The largest absolute Gasteiger partial charge is 0.323 e. The summed E-state index contributed by atoms with van der Waals surface area (Å²) in [5.74, 6) is 0. The van der Waals surface area contributed by atoms with Crippen molar-refractivity contribution < 1.29 is 13.2 Å². The summed E-state index contributed by atoms with van der Waals surface area (Å²) in [6.45, 7) is 0. The molecular weight excluding hydrogens is 386 g/mol. The maximum atomic E-state index is 12.4. The molecule has 0 aliphatic carbocycles. The number of hydrogen-bond donors (Lipinski definition) is 3. The highest BCUT2D eigenvalue weighted by Gasteiger charge is 2.14. The van der Waals surface area contributed by atoms with Gasteiger partial charge in [-0.15, -0.1) is 0 Å². The van der Waals surface area contributed by atoms with Gasteiger partial charge in [-0.3, -0.25) is 4.72 Å². The van der Waals surface area contributed by atoms with Crippen LogP contribution in [0.5, 0.6) is 0 Å². The van der Waals surface area contributed by atoms with Crippen LogP contribution in [0.3, 0.4) is 0 Å². The lowest BCUT2D eigenvalue weighted by atomic mass is 10.3. The molecule has 0 atom stereocenters. The number of anilines is 3. The lowest BCUT2D eigenvalue weighted by molar-refractivity contribution is 0.262. The number of rotatable bonds is 5. The van der Waals surface area contributed by atoms with Gasteiger partial charge in [0.2, 0.25) is 0 Å². The fraction of sp³-hybridized carbons (Fsp3) is 0. The van der Waals surface area contributed by atoms with Gasteiger partial charge in [0.1, 0.15) is 0 Å². The normalized spacial score (nSPS) is 10.9. The second-order valence-corrected chi connectivity index (χ2v) is 7.70. The first-order valence-corrected chi connectivity index (χ1v) is 9.80. The van der Waals surface area contributed by atoms with E-state index in [0.29, 0.717) is 22.1 Å². The first-order chi connectivity index (χ1) is 12.9. The molecule has 0 heterocycles. The molecule has 0 spiro atoms. The molecule has 27 heavy (non-hydrogen) atoms. The molecule has 0 aromatic heterocycles. The van der Waals surface area contributed by atoms with Crippen molar-refractivity contribution in [2.45, 2.75) is 4.90 Å². The number of carbonyl (C=O) groups is 1. The summed E-state index contributed by atoms with van der Waals surface area (Å²) in [4.78, 5) is 12.0. The molecule has 0 aliphatic heterocycles. The zero-order valence-electron chi connectivity index (χ0n) is 14.0. The first-order valence-electron chi connectivity index (χ1n) is 7.94. The van der Waals surface area contributed by atoms with Crippen LogP contribution in [0.15, 0.2) is 83.8 Å². The van der Waals surface area contributed by atoms with Crippen LogP contribution in [0.4, 0.5) is 21.9 Å². The summed E-state index contributed by atoms with van der Waals surface area (Å²) in [6.07, 6.45) is 0. The number of carbonyl (C=O) groups excluding carboxylic acids is 1. The average molecular weight is 402 g/mol. The van der Waals surface area contributed by atoms with Gasteiger partial charge in [-0.2, -0.15) is 0 Å². The Bertz CT molecular complexity index is 1040. The molecule has 0 fully saturated rings. The van der Waals surface area contributed by atoms with Crippen LogP contribution >= 0.6 is 11.6 Å². The van der Waals surface area contributed by atoms with Crippen molar-refractivity contribution in [3.8, 4) is 0 Å². The molecule has 6 nitrogen and oxygen atoms in total. The minimum absolute atomic E-state index is 0.0662. The van der Waals surface area contributed by atoms with E-state index in [1.165, 1.54) is 30.3 Å². The number of urea groups is 1. The van der Waals surface area contributed by atoms with E-state index in [2.05, 4.69) is 15.4 Å². The van der Waals surface area contributed by atoms with Gasteiger partial charge in [0.15, 0.2) is 0 Å². The number of hydrogen-bond acceptors (Lipinski definition) is 3. The highest BCUT2D eigenvalue weighted by Crippen LogP contribution is 2.20. The van der Waals surface area contributed by atoms with Crippen molar-refractivity contribution in [2.75, 3.05) is 15.4 Å². The molecule has 0 radical (unpaired) electrons. The van der Waals surface area contributed by atoms with Gasteiger partial charge in [0.05, 0.1) is 10.6 Å². The summed E-state index contributed by atoms with van der Waals surface area (Å²) in [7, 11) is -3.76. The molecule has 3 N–H and O–H groups in total. The predicted molar refractivity (Wildman–Crippen MR) is 108 cm³/mol. The van der Waals surface area contributed by atoms with Crippen molar-refractivity contribution in [3.63, 3.8) is 0 Å². The summed E-state index contributed by atoms with van der Waals surface area (Å²) >= 11 is 5.87. The number of sulfonamides is 1. The van der Waals surface area contributed by atoms with E-state index in [1.54, 1.807) is 30.3 Å². The van der Waals surface area contributed by atoms with Crippen LogP contribution in [0.25, 0.3) is 0 Å². The maximum Gasteiger partial charge on any atom is 0.323 e. The fourth-order valence-electron chi connectivity index (χ4n) is 2.30. The molecule has 0 unspecified atom stereocenters. The molecule has 138 valence electrons. The minimum atomic E-state index is -3.76. The number of halogens is 1. The highest BCUT2D eigenvalue weighted by atomic mass is 35.5.